The Morgan fingerprint density at radius 1 is 1.15 bits per heavy atom. The van der Waals surface area contributed by atoms with Gasteiger partial charge in [0.25, 0.3) is 5.91 Å². The molecule has 1 aromatic heterocycles. The second-order valence-electron chi connectivity index (χ2n) is 5.89. The molecule has 1 aromatic carbocycles. The lowest BCUT2D eigenvalue weighted by atomic mass is 10.2. The molecule has 2 aromatic rings. The first-order chi connectivity index (χ1) is 12.6. The minimum Gasteiger partial charge on any atom is -0.352 e. The van der Waals surface area contributed by atoms with E-state index in [9.17, 15) is 14.0 Å². The van der Waals surface area contributed by atoms with Gasteiger partial charge in [-0.1, -0.05) is 25.5 Å². The number of benzene rings is 1. The highest BCUT2D eigenvalue weighted by atomic mass is 19.1. The molecule has 0 atom stereocenters. The first kappa shape index (κ1) is 19.5. The fraction of sp³-hybridized carbons (Fsp3) is 0.368. The van der Waals surface area contributed by atoms with E-state index in [1.165, 1.54) is 30.7 Å². The molecule has 0 aliphatic rings. The summed E-state index contributed by atoms with van der Waals surface area (Å²) in [5, 5.41) is 2.78. The molecule has 138 valence electrons. The van der Waals surface area contributed by atoms with E-state index < -0.39 is 0 Å². The van der Waals surface area contributed by atoms with E-state index in [0.29, 0.717) is 19.6 Å². The van der Waals surface area contributed by atoms with Crippen molar-refractivity contribution in [1.29, 1.82) is 0 Å². The van der Waals surface area contributed by atoms with Crippen molar-refractivity contribution in [3.05, 3.63) is 59.9 Å². The van der Waals surface area contributed by atoms with Crippen molar-refractivity contribution in [2.24, 2.45) is 0 Å². The van der Waals surface area contributed by atoms with Crippen LogP contribution in [0.4, 0.5) is 4.39 Å². The Bertz CT molecular complexity index is 707. The predicted molar refractivity (Wildman–Crippen MR) is 95.7 cm³/mol. The van der Waals surface area contributed by atoms with Crippen molar-refractivity contribution >= 4 is 11.8 Å². The van der Waals surface area contributed by atoms with Crippen molar-refractivity contribution in [3.63, 3.8) is 0 Å². The summed E-state index contributed by atoms with van der Waals surface area (Å²) in [5.41, 5.74) is 1.09. The Hall–Kier alpha value is -2.83. The summed E-state index contributed by atoms with van der Waals surface area (Å²) in [6.07, 6.45) is 6.40. The largest absolute Gasteiger partial charge is 0.352 e. The fourth-order valence-corrected chi connectivity index (χ4v) is 2.36. The Kier molecular flexibility index (Phi) is 7.67. The average molecular weight is 358 g/mol. The zero-order valence-corrected chi connectivity index (χ0v) is 14.8. The third kappa shape index (κ3) is 6.23. The molecule has 6 nitrogen and oxygen atoms in total. The second-order valence-corrected chi connectivity index (χ2v) is 5.89. The molecule has 0 fully saturated rings. The van der Waals surface area contributed by atoms with Gasteiger partial charge in [0, 0.05) is 38.4 Å². The number of amides is 2. The molecule has 0 aliphatic heterocycles. The van der Waals surface area contributed by atoms with Gasteiger partial charge in [0.15, 0.2) is 0 Å². The zero-order chi connectivity index (χ0) is 18.8. The van der Waals surface area contributed by atoms with Gasteiger partial charge in [0.1, 0.15) is 11.5 Å². The van der Waals surface area contributed by atoms with Crippen molar-refractivity contribution in [1.82, 2.24) is 20.2 Å². The van der Waals surface area contributed by atoms with Crippen LogP contribution in [-0.2, 0) is 11.3 Å². The van der Waals surface area contributed by atoms with Gasteiger partial charge in [-0.2, -0.15) is 0 Å². The number of carbonyl (C=O) groups is 2. The topological polar surface area (TPSA) is 75.2 Å². The van der Waals surface area contributed by atoms with Gasteiger partial charge in [-0.05, 0) is 24.1 Å². The number of aromatic nitrogens is 2. The maximum atomic E-state index is 12.9. The molecule has 0 spiro atoms. The summed E-state index contributed by atoms with van der Waals surface area (Å²) in [6.45, 7) is 3.24. The van der Waals surface area contributed by atoms with Gasteiger partial charge in [-0.25, -0.2) is 9.37 Å². The van der Waals surface area contributed by atoms with Crippen molar-refractivity contribution in [2.75, 3.05) is 13.1 Å². The number of hydrogen-bond acceptors (Lipinski definition) is 4. The maximum Gasteiger partial charge on any atom is 0.274 e. The van der Waals surface area contributed by atoms with E-state index in [2.05, 4.69) is 15.3 Å². The third-order valence-corrected chi connectivity index (χ3v) is 3.86. The molecular formula is C19H23FN4O2. The van der Waals surface area contributed by atoms with Gasteiger partial charge in [0.05, 0.1) is 6.20 Å². The van der Waals surface area contributed by atoms with E-state index in [0.717, 1.165) is 18.4 Å². The number of halogens is 1. The SMILES string of the molecule is CCCCN(CCC(=O)NCc1ccc(F)cc1)C(=O)c1cnccn1. The van der Waals surface area contributed by atoms with E-state index in [4.69, 9.17) is 0 Å². The predicted octanol–water partition coefficient (Wildman–Crippen LogP) is 2.56. The van der Waals surface area contributed by atoms with Crippen LogP contribution in [0.15, 0.2) is 42.9 Å². The highest BCUT2D eigenvalue weighted by Gasteiger charge is 2.17. The molecule has 0 saturated heterocycles. The van der Waals surface area contributed by atoms with Crippen molar-refractivity contribution in [2.45, 2.75) is 32.7 Å². The Labute approximate surface area is 152 Å². The molecule has 7 heteroatoms. The molecule has 2 rings (SSSR count). The van der Waals surface area contributed by atoms with Crippen LogP contribution in [0.2, 0.25) is 0 Å². The second kappa shape index (κ2) is 10.2. The molecule has 1 N–H and O–H groups in total. The zero-order valence-electron chi connectivity index (χ0n) is 14.8. The van der Waals surface area contributed by atoms with Crippen LogP contribution in [0.3, 0.4) is 0 Å². The minimum absolute atomic E-state index is 0.164. The fourth-order valence-electron chi connectivity index (χ4n) is 2.36. The van der Waals surface area contributed by atoms with Crippen LogP contribution in [0.25, 0.3) is 0 Å². The quantitative estimate of drug-likeness (QED) is 0.747. The number of hydrogen-bond donors (Lipinski definition) is 1. The Morgan fingerprint density at radius 2 is 1.92 bits per heavy atom. The van der Waals surface area contributed by atoms with E-state index in [1.807, 2.05) is 6.92 Å². The van der Waals surface area contributed by atoms with Crippen LogP contribution in [0.5, 0.6) is 0 Å². The Balaban J connectivity index is 1.86. The molecule has 0 radical (unpaired) electrons. The summed E-state index contributed by atoms with van der Waals surface area (Å²) >= 11 is 0. The van der Waals surface area contributed by atoms with Crippen LogP contribution < -0.4 is 5.32 Å². The van der Waals surface area contributed by atoms with Crippen LogP contribution in [0.1, 0.15) is 42.2 Å². The number of carbonyl (C=O) groups excluding carboxylic acids is 2. The van der Waals surface area contributed by atoms with Crippen molar-refractivity contribution in [3.8, 4) is 0 Å². The molecular weight excluding hydrogens is 335 g/mol. The van der Waals surface area contributed by atoms with Crippen LogP contribution in [-0.4, -0.2) is 39.8 Å². The van der Waals surface area contributed by atoms with E-state index in [1.54, 1.807) is 17.0 Å². The van der Waals surface area contributed by atoms with Crippen LogP contribution in [0, 0.1) is 5.82 Å². The summed E-state index contributed by atoms with van der Waals surface area (Å²) < 4.78 is 12.9. The smallest absolute Gasteiger partial charge is 0.274 e. The molecule has 0 saturated carbocycles. The van der Waals surface area contributed by atoms with Gasteiger partial charge >= 0.3 is 0 Å². The lowest BCUT2D eigenvalue weighted by Crippen LogP contribution is -2.36. The monoisotopic (exact) mass is 358 g/mol. The highest BCUT2D eigenvalue weighted by Crippen LogP contribution is 2.05. The first-order valence-corrected chi connectivity index (χ1v) is 8.66. The first-order valence-electron chi connectivity index (χ1n) is 8.66. The normalized spacial score (nSPS) is 10.4. The van der Waals surface area contributed by atoms with Gasteiger partial charge in [-0.3, -0.25) is 14.6 Å². The van der Waals surface area contributed by atoms with E-state index >= 15 is 0 Å². The number of rotatable bonds is 9. The summed E-state index contributed by atoms with van der Waals surface area (Å²) in [6, 6.07) is 5.96. The molecule has 0 bridgehead atoms. The van der Waals surface area contributed by atoms with Crippen molar-refractivity contribution < 1.29 is 14.0 Å². The molecule has 1 heterocycles. The molecule has 0 aliphatic carbocycles. The van der Waals surface area contributed by atoms with Gasteiger partial charge < -0.3 is 10.2 Å². The van der Waals surface area contributed by atoms with Gasteiger partial charge in [0.2, 0.25) is 5.91 Å². The van der Waals surface area contributed by atoms with Crippen LogP contribution >= 0.6 is 0 Å². The minimum atomic E-state index is -0.311. The number of nitrogens with one attached hydrogen (secondary N) is 1. The third-order valence-electron chi connectivity index (χ3n) is 3.86. The number of nitrogens with zero attached hydrogens (tertiary/aromatic N) is 3. The van der Waals surface area contributed by atoms with E-state index in [-0.39, 0.29) is 29.7 Å². The average Bonchev–Trinajstić information content (AvgIpc) is 2.68. The molecule has 0 unspecified atom stereocenters. The lowest BCUT2D eigenvalue weighted by molar-refractivity contribution is -0.121. The molecule has 2 amide bonds. The number of unbranched alkanes of at least 4 members (excludes halogenated alkanes) is 1. The Morgan fingerprint density at radius 3 is 2.58 bits per heavy atom. The lowest BCUT2D eigenvalue weighted by Gasteiger charge is -2.21. The molecule has 26 heavy (non-hydrogen) atoms. The summed E-state index contributed by atoms with van der Waals surface area (Å²) in [7, 11) is 0. The highest BCUT2D eigenvalue weighted by molar-refractivity contribution is 5.92. The summed E-state index contributed by atoms with van der Waals surface area (Å²) in [5.74, 6) is -0.699. The maximum absolute atomic E-state index is 12.9. The van der Waals surface area contributed by atoms with Gasteiger partial charge in [-0.15, -0.1) is 0 Å². The summed E-state index contributed by atoms with van der Waals surface area (Å²) in [4.78, 5) is 34.2. The standard InChI is InChI=1S/C19H23FN4O2/c1-2-3-11-24(19(26)17-14-21-9-10-22-17)12-8-18(25)23-13-15-4-6-16(20)7-5-15/h4-7,9-10,14H,2-3,8,11-13H2,1H3,(H,23,25).